The second-order valence-electron chi connectivity index (χ2n) is 5.22. The van der Waals surface area contributed by atoms with Crippen LogP contribution in [-0.2, 0) is 11.4 Å². The molecule has 0 spiro atoms. The van der Waals surface area contributed by atoms with Gasteiger partial charge in [0.05, 0.1) is 14.2 Å². The van der Waals surface area contributed by atoms with Crippen LogP contribution in [0.5, 0.6) is 11.5 Å². The highest BCUT2D eigenvalue weighted by molar-refractivity contribution is 5.95. The molecular weight excluding hydrogens is 286 g/mol. The van der Waals surface area contributed by atoms with Gasteiger partial charge in [-0.25, -0.2) is 4.99 Å². The molecule has 1 aliphatic rings. The molecule has 1 aromatic carbocycles. The topological polar surface area (TPSA) is 108 Å². The van der Waals surface area contributed by atoms with Gasteiger partial charge in [-0.2, -0.15) is 10.1 Å². The van der Waals surface area contributed by atoms with E-state index in [-0.39, 0.29) is 18.5 Å². The molecule has 120 valence electrons. The number of rotatable bonds is 5. The first-order chi connectivity index (χ1) is 10.4. The van der Waals surface area contributed by atoms with Gasteiger partial charge < -0.3 is 20.9 Å². The molecular formula is C14H21N5O3. The molecule has 1 heterocycles. The van der Waals surface area contributed by atoms with Gasteiger partial charge in [0.25, 0.3) is 0 Å². The largest absolute Gasteiger partial charge is 0.497 e. The van der Waals surface area contributed by atoms with Crippen LogP contribution in [0, 0.1) is 0 Å². The Labute approximate surface area is 129 Å². The molecule has 0 radical (unpaired) electrons. The molecule has 22 heavy (non-hydrogen) atoms. The van der Waals surface area contributed by atoms with Gasteiger partial charge in [0.2, 0.25) is 11.9 Å². The van der Waals surface area contributed by atoms with Gasteiger partial charge in [-0.1, -0.05) is 0 Å². The van der Waals surface area contributed by atoms with E-state index in [1.807, 2.05) is 26.0 Å². The van der Waals surface area contributed by atoms with Crippen molar-refractivity contribution in [2.45, 2.75) is 26.1 Å². The van der Waals surface area contributed by atoms with E-state index in [2.05, 4.69) is 9.98 Å². The number of nitrogens with two attached hydrogens (primary N) is 2. The molecule has 0 bridgehead atoms. The normalized spacial score (nSPS) is 16.8. The molecule has 4 N–H and O–H groups in total. The van der Waals surface area contributed by atoms with Crippen molar-refractivity contribution in [1.82, 2.24) is 5.06 Å². The Balaban J connectivity index is 2.15. The van der Waals surface area contributed by atoms with Gasteiger partial charge in [0.15, 0.2) is 5.66 Å². The van der Waals surface area contributed by atoms with E-state index in [0.717, 1.165) is 5.56 Å². The van der Waals surface area contributed by atoms with Crippen molar-refractivity contribution >= 4 is 11.9 Å². The number of ether oxygens (including phenoxy) is 2. The average Bonchev–Trinajstić information content (AvgIpc) is 2.44. The molecule has 0 amide bonds. The highest BCUT2D eigenvalue weighted by atomic mass is 16.7. The fourth-order valence-corrected chi connectivity index (χ4v) is 2.11. The van der Waals surface area contributed by atoms with Crippen molar-refractivity contribution in [2.75, 3.05) is 14.2 Å². The molecule has 2 rings (SSSR count). The zero-order valence-corrected chi connectivity index (χ0v) is 13.2. The van der Waals surface area contributed by atoms with E-state index >= 15 is 0 Å². The molecule has 0 saturated heterocycles. The smallest absolute Gasteiger partial charge is 0.226 e. The number of aliphatic imine (C=N–C) groups is 2. The second kappa shape index (κ2) is 6.10. The number of hydrogen-bond donors (Lipinski definition) is 2. The molecule has 8 nitrogen and oxygen atoms in total. The Morgan fingerprint density at radius 2 is 1.68 bits per heavy atom. The molecule has 0 aromatic heterocycles. The summed E-state index contributed by atoms with van der Waals surface area (Å²) in [7, 11) is 3.19. The molecule has 0 aliphatic carbocycles. The van der Waals surface area contributed by atoms with Crippen LogP contribution in [0.25, 0.3) is 0 Å². The number of methoxy groups -OCH3 is 2. The number of hydrogen-bond acceptors (Lipinski definition) is 8. The maximum atomic E-state index is 5.86. The van der Waals surface area contributed by atoms with Crippen LogP contribution in [-0.4, -0.2) is 36.9 Å². The summed E-state index contributed by atoms with van der Waals surface area (Å²) in [5.41, 5.74) is 11.6. The summed E-state index contributed by atoms with van der Waals surface area (Å²) in [5.74, 6) is 1.65. The summed E-state index contributed by atoms with van der Waals surface area (Å²) < 4.78 is 10.5. The lowest BCUT2D eigenvalue weighted by molar-refractivity contribution is -0.166. The minimum Gasteiger partial charge on any atom is -0.497 e. The average molecular weight is 307 g/mol. The van der Waals surface area contributed by atoms with Crippen molar-refractivity contribution in [3.05, 3.63) is 23.8 Å². The molecule has 8 heteroatoms. The first-order valence-corrected chi connectivity index (χ1v) is 6.70. The standard InChI is InChI=1S/C14H21N5O3/c1-14(2)18-12(15)17-13(16)19(14)22-8-9-5-10(20-3)7-11(6-9)21-4/h5-7H,8H2,1-4H3,(H4,15,16,17,18). The maximum absolute atomic E-state index is 5.86. The fourth-order valence-electron chi connectivity index (χ4n) is 2.11. The SMILES string of the molecule is COc1cc(CON2C(N)=NC(N)=NC2(C)C)cc(OC)c1. The van der Waals surface area contributed by atoms with Crippen LogP contribution in [0.15, 0.2) is 28.2 Å². The van der Waals surface area contributed by atoms with E-state index in [0.29, 0.717) is 11.5 Å². The lowest BCUT2D eigenvalue weighted by Gasteiger charge is -2.36. The highest BCUT2D eigenvalue weighted by Crippen LogP contribution is 2.25. The predicted octanol–water partition coefficient (Wildman–Crippen LogP) is 0.817. The van der Waals surface area contributed by atoms with E-state index in [1.165, 1.54) is 5.06 Å². The van der Waals surface area contributed by atoms with Gasteiger partial charge in [-0.3, -0.25) is 4.84 Å². The predicted molar refractivity (Wildman–Crippen MR) is 83.5 cm³/mol. The van der Waals surface area contributed by atoms with Crippen molar-refractivity contribution < 1.29 is 14.3 Å². The molecule has 1 aliphatic heterocycles. The zero-order chi connectivity index (χ0) is 16.3. The fraction of sp³-hybridized carbons (Fsp3) is 0.429. The summed E-state index contributed by atoms with van der Waals surface area (Å²) in [5, 5.41) is 1.43. The zero-order valence-electron chi connectivity index (χ0n) is 13.2. The van der Waals surface area contributed by atoms with Crippen LogP contribution in [0.2, 0.25) is 0 Å². The van der Waals surface area contributed by atoms with Gasteiger partial charge in [-0.15, -0.1) is 0 Å². The van der Waals surface area contributed by atoms with Crippen LogP contribution in [0.4, 0.5) is 0 Å². The lowest BCUT2D eigenvalue weighted by Crippen LogP contribution is -2.53. The first kappa shape index (κ1) is 15.9. The molecule has 0 unspecified atom stereocenters. The quantitative estimate of drug-likeness (QED) is 0.833. The van der Waals surface area contributed by atoms with E-state index in [9.17, 15) is 0 Å². The third-order valence-electron chi connectivity index (χ3n) is 3.09. The number of hydroxylamine groups is 2. The van der Waals surface area contributed by atoms with E-state index in [1.54, 1.807) is 20.3 Å². The summed E-state index contributed by atoms with van der Waals surface area (Å²) in [6.07, 6.45) is 0. The summed E-state index contributed by atoms with van der Waals surface area (Å²) in [6, 6.07) is 5.49. The van der Waals surface area contributed by atoms with Crippen molar-refractivity contribution in [2.24, 2.45) is 21.5 Å². The Morgan fingerprint density at radius 1 is 1.09 bits per heavy atom. The monoisotopic (exact) mass is 307 g/mol. The van der Waals surface area contributed by atoms with Crippen LogP contribution < -0.4 is 20.9 Å². The number of benzene rings is 1. The molecule has 1 aromatic rings. The molecule has 0 saturated carbocycles. The Kier molecular flexibility index (Phi) is 4.41. The summed E-state index contributed by atoms with van der Waals surface area (Å²) in [4.78, 5) is 13.9. The Morgan fingerprint density at radius 3 is 2.18 bits per heavy atom. The van der Waals surface area contributed by atoms with Crippen molar-refractivity contribution in [1.29, 1.82) is 0 Å². The van der Waals surface area contributed by atoms with Crippen molar-refractivity contribution in [3.8, 4) is 11.5 Å². The third kappa shape index (κ3) is 3.40. The van der Waals surface area contributed by atoms with Gasteiger partial charge in [-0.05, 0) is 31.5 Å². The minimum absolute atomic E-state index is 0.130. The van der Waals surface area contributed by atoms with Crippen LogP contribution >= 0.6 is 0 Å². The second-order valence-corrected chi connectivity index (χ2v) is 5.22. The van der Waals surface area contributed by atoms with Gasteiger partial charge in [0.1, 0.15) is 18.1 Å². The third-order valence-corrected chi connectivity index (χ3v) is 3.09. The number of guanidine groups is 2. The summed E-state index contributed by atoms with van der Waals surface area (Å²) in [6.45, 7) is 3.91. The highest BCUT2D eigenvalue weighted by Gasteiger charge is 2.33. The van der Waals surface area contributed by atoms with Crippen LogP contribution in [0.1, 0.15) is 19.4 Å². The van der Waals surface area contributed by atoms with Gasteiger partial charge in [0, 0.05) is 6.07 Å². The summed E-state index contributed by atoms with van der Waals surface area (Å²) >= 11 is 0. The van der Waals surface area contributed by atoms with E-state index < -0.39 is 5.66 Å². The van der Waals surface area contributed by atoms with E-state index in [4.69, 9.17) is 25.8 Å². The first-order valence-electron chi connectivity index (χ1n) is 6.70. The Hall–Kier alpha value is -2.48. The minimum atomic E-state index is -0.737. The van der Waals surface area contributed by atoms with Crippen molar-refractivity contribution in [3.63, 3.8) is 0 Å². The van der Waals surface area contributed by atoms with Gasteiger partial charge >= 0.3 is 0 Å². The van der Waals surface area contributed by atoms with Crippen LogP contribution in [0.3, 0.4) is 0 Å². The Bertz CT molecular complexity index is 590. The number of nitrogens with zero attached hydrogens (tertiary/aromatic N) is 3. The lowest BCUT2D eigenvalue weighted by atomic mass is 10.2. The molecule has 0 atom stereocenters. The maximum Gasteiger partial charge on any atom is 0.226 e. The molecule has 0 fully saturated rings.